The third-order valence-corrected chi connectivity index (χ3v) is 2.28. The molecule has 0 unspecified atom stereocenters. The molecule has 2 aromatic rings. The smallest absolute Gasteiger partial charge is 0.318 e. The second-order valence-corrected chi connectivity index (χ2v) is 3.51. The van der Waals surface area contributed by atoms with Crippen molar-refractivity contribution in [3.63, 3.8) is 0 Å². The average Bonchev–Trinajstić information content (AvgIpc) is 2.35. The Bertz CT molecular complexity index is 708. The number of fused-ring (bicyclic) bond motifs is 1. The number of aromatic amines is 1. The van der Waals surface area contributed by atoms with Gasteiger partial charge in [-0.05, 0) is 18.2 Å². The van der Waals surface area contributed by atoms with Gasteiger partial charge in [0.05, 0.1) is 16.6 Å². The lowest BCUT2D eigenvalue weighted by Crippen LogP contribution is -2.20. The van der Waals surface area contributed by atoms with Crippen LogP contribution < -0.4 is 5.56 Å². The van der Waals surface area contributed by atoms with Crippen molar-refractivity contribution in [3.05, 3.63) is 39.8 Å². The third-order valence-electron chi connectivity index (χ3n) is 2.28. The zero-order chi connectivity index (χ0) is 14.2. The van der Waals surface area contributed by atoms with Crippen molar-refractivity contribution in [2.24, 2.45) is 0 Å². The zero-order valence-electron chi connectivity index (χ0n) is 8.92. The normalized spacial score (nSPS) is 11.6. The Hall–Kier alpha value is -2.45. The first-order valence-electron chi connectivity index (χ1n) is 4.77. The summed E-state index contributed by atoms with van der Waals surface area (Å²) >= 11 is 0. The molecule has 0 spiro atoms. The number of carbonyl (C=O) groups excluding carboxylic acids is 1. The number of nitrogens with one attached hydrogen (secondary N) is 1. The molecule has 0 aliphatic heterocycles. The van der Waals surface area contributed by atoms with E-state index in [0.29, 0.717) is 6.07 Å². The highest BCUT2D eigenvalue weighted by molar-refractivity contribution is 5.89. The molecule has 9 heteroatoms. The van der Waals surface area contributed by atoms with Crippen molar-refractivity contribution in [3.8, 4) is 0 Å². The maximum atomic E-state index is 12.5. The summed E-state index contributed by atoms with van der Waals surface area (Å²) in [5.41, 5.74) is -3.37. The first kappa shape index (κ1) is 13.0. The number of benzene rings is 1. The monoisotopic (exact) mass is 276 g/mol. The van der Waals surface area contributed by atoms with Gasteiger partial charge in [-0.1, -0.05) is 0 Å². The fourth-order valence-corrected chi connectivity index (χ4v) is 1.43. The van der Waals surface area contributed by atoms with Crippen LogP contribution >= 0.6 is 0 Å². The number of hydrogen-bond donors (Lipinski definition) is 1. The number of hydrogen-bond acceptors (Lipinski definition) is 4. The summed E-state index contributed by atoms with van der Waals surface area (Å²) in [4.78, 5) is 30.4. The lowest BCUT2D eigenvalue weighted by atomic mass is 10.2. The van der Waals surface area contributed by atoms with Crippen molar-refractivity contribution in [2.45, 2.75) is 6.18 Å². The Kier molecular flexibility index (Phi) is 2.97. The second-order valence-electron chi connectivity index (χ2n) is 3.51. The molecule has 0 radical (unpaired) electrons. The van der Waals surface area contributed by atoms with Crippen LogP contribution in [0.2, 0.25) is 0 Å². The molecule has 2 rings (SSSR count). The molecule has 0 saturated carbocycles. The van der Waals surface area contributed by atoms with E-state index in [1.165, 1.54) is 0 Å². The van der Waals surface area contributed by atoms with E-state index in [1.54, 1.807) is 0 Å². The van der Waals surface area contributed by atoms with Gasteiger partial charge < -0.3 is 4.98 Å². The van der Waals surface area contributed by atoms with Gasteiger partial charge in [0.1, 0.15) is 0 Å². The maximum Gasteiger partial charge on any atom is 0.416 e. The molecule has 19 heavy (non-hydrogen) atoms. The molecular formula is C10H4F4N2O3. The van der Waals surface area contributed by atoms with Crippen molar-refractivity contribution in [2.75, 3.05) is 0 Å². The van der Waals surface area contributed by atoms with Crippen LogP contribution in [-0.2, 0) is 11.1 Å². The lowest BCUT2D eigenvalue weighted by molar-refractivity contribution is -0.137. The highest BCUT2D eigenvalue weighted by Crippen LogP contribution is 2.30. The molecule has 0 fully saturated rings. The van der Waals surface area contributed by atoms with Crippen LogP contribution in [0.1, 0.15) is 16.1 Å². The van der Waals surface area contributed by atoms with Gasteiger partial charge in [0.2, 0.25) is 5.69 Å². The molecular weight excluding hydrogens is 272 g/mol. The van der Waals surface area contributed by atoms with Crippen LogP contribution in [0.3, 0.4) is 0 Å². The SMILES string of the molecule is O=C(OF)c1nc2cc(C(F)(F)F)ccc2[nH]c1=O. The summed E-state index contributed by atoms with van der Waals surface area (Å²) < 4.78 is 49.1. The van der Waals surface area contributed by atoms with E-state index in [0.717, 1.165) is 12.1 Å². The van der Waals surface area contributed by atoms with Gasteiger partial charge in [-0.3, -0.25) is 4.79 Å². The largest absolute Gasteiger partial charge is 0.416 e. The molecule has 0 atom stereocenters. The Morgan fingerprint density at radius 2 is 2.00 bits per heavy atom. The Labute approximate surface area is 101 Å². The summed E-state index contributed by atoms with van der Waals surface area (Å²) in [5.74, 6) is -1.68. The molecule has 1 N–H and O–H groups in total. The van der Waals surface area contributed by atoms with E-state index < -0.39 is 29.0 Å². The molecule has 0 aliphatic carbocycles. The minimum atomic E-state index is -4.60. The second kappa shape index (κ2) is 4.34. The van der Waals surface area contributed by atoms with Crippen molar-refractivity contribution < 1.29 is 27.4 Å². The van der Waals surface area contributed by atoms with Crippen molar-refractivity contribution in [1.29, 1.82) is 0 Å². The van der Waals surface area contributed by atoms with Crippen molar-refractivity contribution >= 4 is 17.0 Å². The topological polar surface area (TPSA) is 72.0 Å². The number of alkyl halides is 3. The van der Waals surface area contributed by atoms with Crippen LogP contribution in [-0.4, -0.2) is 15.9 Å². The van der Waals surface area contributed by atoms with E-state index in [-0.39, 0.29) is 11.0 Å². The van der Waals surface area contributed by atoms with Gasteiger partial charge in [0.25, 0.3) is 5.56 Å². The fraction of sp³-hybridized carbons (Fsp3) is 0.100. The summed E-state index contributed by atoms with van der Waals surface area (Å²) in [7, 11) is 0. The molecule has 0 amide bonds. The number of carbonyl (C=O) groups is 1. The van der Waals surface area contributed by atoms with E-state index >= 15 is 0 Å². The molecule has 5 nitrogen and oxygen atoms in total. The maximum absolute atomic E-state index is 12.5. The Morgan fingerprint density at radius 1 is 1.32 bits per heavy atom. The first-order valence-corrected chi connectivity index (χ1v) is 4.77. The molecule has 100 valence electrons. The van der Waals surface area contributed by atoms with E-state index in [1.807, 2.05) is 0 Å². The van der Waals surface area contributed by atoms with E-state index in [2.05, 4.69) is 14.9 Å². The van der Waals surface area contributed by atoms with Gasteiger partial charge in [-0.15, -0.1) is 0 Å². The van der Waals surface area contributed by atoms with Crippen LogP contribution in [0.25, 0.3) is 11.0 Å². The van der Waals surface area contributed by atoms with Crippen LogP contribution in [0, 0.1) is 0 Å². The quantitative estimate of drug-likeness (QED) is 0.808. The Morgan fingerprint density at radius 3 is 2.58 bits per heavy atom. The number of rotatable bonds is 1. The molecule has 1 heterocycles. The van der Waals surface area contributed by atoms with Crippen LogP contribution in [0.15, 0.2) is 23.0 Å². The lowest BCUT2D eigenvalue weighted by Gasteiger charge is -2.07. The standard InChI is InChI=1S/C10H4F4N2O3/c11-10(12,13)4-1-2-5-6(3-4)15-7(8(17)16-5)9(18)19-14/h1-3H,(H,16,17). The molecule has 0 aliphatic rings. The minimum Gasteiger partial charge on any atom is -0.318 e. The van der Waals surface area contributed by atoms with Gasteiger partial charge in [0.15, 0.2) is 0 Å². The summed E-state index contributed by atoms with van der Waals surface area (Å²) in [6, 6.07) is 2.35. The van der Waals surface area contributed by atoms with Gasteiger partial charge in [-0.2, -0.15) is 13.2 Å². The van der Waals surface area contributed by atoms with Crippen LogP contribution in [0.5, 0.6) is 0 Å². The molecule has 0 saturated heterocycles. The minimum absolute atomic E-state index is 0.0200. The number of nitrogens with zero attached hydrogens (tertiary/aromatic N) is 1. The molecule has 1 aromatic heterocycles. The van der Waals surface area contributed by atoms with E-state index in [4.69, 9.17) is 0 Å². The van der Waals surface area contributed by atoms with Crippen LogP contribution in [0.4, 0.5) is 17.7 Å². The average molecular weight is 276 g/mol. The number of halogens is 4. The number of H-pyrrole nitrogens is 1. The molecule has 0 bridgehead atoms. The summed E-state index contributed by atoms with van der Waals surface area (Å²) in [6.07, 6.45) is -4.60. The van der Waals surface area contributed by atoms with Gasteiger partial charge in [-0.25, -0.2) is 14.7 Å². The highest BCUT2D eigenvalue weighted by Gasteiger charge is 2.30. The number of aromatic nitrogens is 2. The Balaban J connectivity index is 2.68. The summed E-state index contributed by atoms with van der Waals surface area (Å²) in [6.45, 7) is 0. The van der Waals surface area contributed by atoms with Gasteiger partial charge in [0, 0.05) is 4.53 Å². The predicted molar refractivity (Wildman–Crippen MR) is 53.9 cm³/mol. The zero-order valence-corrected chi connectivity index (χ0v) is 8.92. The van der Waals surface area contributed by atoms with Crippen molar-refractivity contribution in [1.82, 2.24) is 9.97 Å². The van der Waals surface area contributed by atoms with Gasteiger partial charge >= 0.3 is 12.1 Å². The predicted octanol–water partition coefficient (Wildman–Crippen LogP) is 1.98. The highest BCUT2D eigenvalue weighted by atomic mass is 19.4. The van der Waals surface area contributed by atoms with E-state index in [9.17, 15) is 27.3 Å². The third kappa shape index (κ3) is 2.39. The summed E-state index contributed by atoms with van der Waals surface area (Å²) in [5, 5.41) is 0. The fourth-order valence-electron chi connectivity index (χ4n) is 1.43. The first-order chi connectivity index (χ1) is 8.82. The molecule has 1 aromatic carbocycles.